The van der Waals surface area contributed by atoms with Crippen molar-refractivity contribution >= 4 is 43.8 Å². The summed E-state index contributed by atoms with van der Waals surface area (Å²) in [5.41, 5.74) is 3.21. The number of hydrazone groups is 1. The number of rotatable bonds is 9. The Kier molecular flexibility index (Phi) is 7.65. The van der Waals surface area contributed by atoms with E-state index in [1.807, 2.05) is 0 Å². The van der Waals surface area contributed by atoms with Crippen molar-refractivity contribution < 1.29 is 32.2 Å². The van der Waals surface area contributed by atoms with Crippen molar-refractivity contribution in [3.05, 3.63) is 70.7 Å². The fraction of sp³-hybridized carbons (Fsp3) is 0.167. The van der Waals surface area contributed by atoms with E-state index in [1.165, 1.54) is 44.7 Å². The third kappa shape index (κ3) is 5.39. The van der Waals surface area contributed by atoms with E-state index in [1.54, 1.807) is 36.4 Å². The fourth-order valence-electron chi connectivity index (χ4n) is 3.38. The Morgan fingerprint density at radius 3 is 2.47 bits per heavy atom. The molecule has 1 heterocycles. The van der Waals surface area contributed by atoms with Crippen LogP contribution < -0.4 is 28.7 Å². The first kappa shape index (κ1) is 25.3. The lowest BCUT2D eigenvalue weighted by Crippen LogP contribution is -2.39. The highest BCUT2D eigenvalue weighted by Gasteiger charge is 2.29. The molecule has 12 heteroatoms. The van der Waals surface area contributed by atoms with Crippen LogP contribution in [0.15, 0.2) is 75.1 Å². The van der Waals surface area contributed by atoms with Crippen molar-refractivity contribution in [3.8, 4) is 23.0 Å². The summed E-state index contributed by atoms with van der Waals surface area (Å²) in [7, 11) is -1.25. The molecule has 1 aliphatic heterocycles. The number of hydrogen-bond donors (Lipinski definition) is 1. The molecular formula is C24H22BrN3O7S. The number of carbonyl (C=O) groups is 1. The standard InChI is InChI=1S/C24H22BrN3O7S/c1-32-17-7-9-18(10-8-17)36(30,31)28(20-5-3-4-6-21(20)33-2)14-24(29)27-26-13-16-11-22-23(12-19(16)25)35-15-34-22/h3-13H,14-15H2,1-2H3,(H,27,29)/b26-13-. The maximum absolute atomic E-state index is 13.6. The molecule has 0 aromatic heterocycles. The van der Waals surface area contributed by atoms with Crippen LogP contribution in [0.25, 0.3) is 0 Å². The van der Waals surface area contributed by atoms with Crippen LogP contribution in [0.1, 0.15) is 5.56 Å². The first-order valence-electron chi connectivity index (χ1n) is 10.5. The van der Waals surface area contributed by atoms with E-state index in [-0.39, 0.29) is 23.1 Å². The van der Waals surface area contributed by atoms with Crippen LogP contribution in [0.4, 0.5) is 5.69 Å². The summed E-state index contributed by atoms with van der Waals surface area (Å²) in [6.45, 7) is -0.422. The molecule has 36 heavy (non-hydrogen) atoms. The van der Waals surface area contributed by atoms with Crippen molar-refractivity contribution in [2.24, 2.45) is 5.10 Å². The lowest BCUT2D eigenvalue weighted by atomic mass is 10.2. The Morgan fingerprint density at radius 1 is 1.08 bits per heavy atom. The van der Waals surface area contributed by atoms with Gasteiger partial charge in [-0.3, -0.25) is 9.10 Å². The maximum atomic E-state index is 13.6. The molecule has 0 fully saturated rings. The number of methoxy groups -OCH3 is 2. The summed E-state index contributed by atoms with van der Waals surface area (Å²) < 4.78 is 49.9. The smallest absolute Gasteiger partial charge is 0.264 e. The normalized spacial score (nSPS) is 12.4. The summed E-state index contributed by atoms with van der Waals surface area (Å²) in [5.74, 6) is 1.28. The van der Waals surface area contributed by atoms with Crippen LogP contribution in [0.5, 0.6) is 23.0 Å². The molecular weight excluding hydrogens is 554 g/mol. The van der Waals surface area contributed by atoms with Gasteiger partial charge in [0.2, 0.25) is 6.79 Å². The SMILES string of the molecule is COc1ccc(S(=O)(=O)N(CC(=O)N/N=C\c2cc3c(cc2Br)OCO3)c2ccccc2OC)cc1. The highest BCUT2D eigenvalue weighted by Crippen LogP contribution is 2.36. The largest absolute Gasteiger partial charge is 0.497 e. The zero-order chi connectivity index (χ0) is 25.7. The minimum Gasteiger partial charge on any atom is -0.497 e. The second kappa shape index (κ2) is 10.9. The van der Waals surface area contributed by atoms with Crippen molar-refractivity contribution in [1.82, 2.24) is 5.43 Å². The molecule has 0 saturated carbocycles. The number of amides is 1. The summed E-state index contributed by atoms with van der Waals surface area (Å²) in [5, 5.41) is 3.97. The molecule has 0 radical (unpaired) electrons. The number of anilines is 1. The van der Waals surface area contributed by atoms with Crippen LogP contribution in [0.3, 0.4) is 0 Å². The average Bonchev–Trinajstić information content (AvgIpc) is 3.34. The average molecular weight is 576 g/mol. The van der Waals surface area contributed by atoms with Crippen LogP contribution >= 0.6 is 15.9 Å². The van der Waals surface area contributed by atoms with E-state index in [2.05, 4.69) is 26.5 Å². The number of halogens is 1. The van der Waals surface area contributed by atoms with Gasteiger partial charge in [-0.2, -0.15) is 5.10 Å². The Morgan fingerprint density at radius 2 is 1.78 bits per heavy atom. The van der Waals surface area contributed by atoms with Gasteiger partial charge in [-0.1, -0.05) is 12.1 Å². The highest BCUT2D eigenvalue weighted by molar-refractivity contribution is 9.10. The third-order valence-corrected chi connectivity index (χ3v) is 7.63. The molecule has 3 aromatic rings. The molecule has 10 nitrogen and oxygen atoms in total. The monoisotopic (exact) mass is 575 g/mol. The lowest BCUT2D eigenvalue weighted by Gasteiger charge is -2.25. The molecule has 1 N–H and O–H groups in total. The van der Waals surface area contributed by atoms with Gasteiger partial charge in [-0.05, 0) is 64.5 Å². The maximum Gasteiger partial charge on any atom is 0.264 e. The number of benzene rings is 3. The van der Waals surface area contributed by atoms with E-state index in [9.17, 15) is 13.2 Å². The van der Waals surface area contributed by atoms with Gasteiger partial charge in [-0.15, -0.1) is 0 Å². The molecule has 1 amide bonds. The van der Waals surface area contributed by atoms with E-state index >= 15 is 0 Å². The zero-order valence-electron chi connectivity index (χ0n) is 19.3. The number of ether oxygens (including phenoxy) is 4. The number of nitrogens with one attached hydrogen (secondary N) is 1. The number of hydrogen-bond acceptors (Lipinski definition) is 8. The number of carbonyl (C=O) groups excluding carboxylic acids is 1. The Labute approximate surface area is 216 Å². The minimum absolute atomic E-state index is 0.0187. The van der Waals surface area contributed by atoms with Gasteiger partial charge in [0.1, 0.15) is 18.0 Å². The van der Waals surface area contributed by atoms with Gasteiger partial charge in [-0.25, -0.2) is 13.8 Å². The van der Waals surface area contributed by atoms with Crippen molar-refractivity contribution in [1.29, 1.82) is 0 Å². The molecule has 4 rings (SSSR count). The predicted molar refractivity (Wildman–Crippen MR) is 137 cm³/mol. The van der Waals surface area contributed by atoms with Gasteiger partial charge in [0, 0.05) is 10.0 Å². The first-order valence-corrected chi connectivity index (χ1v) is 12.8. The van der Waals surface area contributed by atoms with Gasteiger partial charge < -0.3 is 18.9 Å². The molecule has 3 aromatic carbocycles. The van der Waals surface area contributed by atoms with Crippen molar-refractivity contribution in [2.45, 2.75) is 4.90 Å². The Hall–Kier alpha value is -3.77. The van der Waals surface area contributed by atoms with Crippen LogP contribution in [-0.4, -0.2) is 48.1 Å². The minimum atomic E-state index is -4.15. The van der Waals surface area contributed by atoms with Gasteiger partial charge in [0.25, 0.3) is 15.9 Å². The zero-order valence-corrected chi connectivity index (χ0v) is 21.7. The molecule has 0 unspecified atom stereocenters. The van der Waals surface area contributed by atoms with E-state index in [0.717, 1.165) is 4.31 Å². The van der Waals surface area contributed by atoms with E-state index in [0.29, 0.717) is 27.3 Å². The molecule has 0 bridgehead atoms. The van der Waals surface area contributed by atoms with Crippen LogP contribution in [0, 0.1) is 0 Å². The number of sulfonamides is 1. The Balaban J connectivity index is 1.58. The van der Waals surface area contributed by atoms with E-state index in [4.69, 9.17) is 18.9 Å². The summed E-state index contributed by atoms with van der Waals surface area (Å²) in [4.78, 5) is 12.8. The third-order valence-electron chi connectivity index (χ3n) is 5.17. The summed E-state index contributed by atoms with van der Waals surface area (Å²) in [6, 6.07) is 15.8. The van der Waals surface area contributed by atoms with E-state index < -0.39 is 22.5 Å². The topological polar surface area (TPSA) is 116 Å². The van der Waals surface area contributed by atoms with Gasteiger partial charge >= 0.3 is 0 Å². The molecule has 0 spiro atoms. The predicted octanol–water partition coefficient (Wildman–Crippen LogP) is 3.54. The highest BCUT2D eigenvalue weighted by atomic mass is 79.9. The quantitative estimate of drug-likeness (QED) is 0.306. The van der Waals surface area contributed by atoms with Crippen molar-refractivity contribution in [3.63, 3.8) is 0 Å². The number of nitrogens with zero attached hydrogens (tertiary/aromatic N) is 2. The van der Waals surface area contributed by atoms with Crippen LogP contribution in [-0.2, 0) is 14.8 Å². The summed E-state index contributed by atoms with van der Waals surface area (Å²) >= 11 is 3.42. The number of fused-ring (bicyclic) bond motifs is 1. The molecule has 1 aliphatic rings. The van der Waals surface area contributed by atoms with Crippen LogP contribution in [0.2, 0.25) is 0 Å². The summed E-state index contributed by atoms with van der Waals surface area (Å²) in [6.07, 6.45) is 1.41. The fourth-order valence-corrected chi connectivity index (χ4v) is 5.24. The second-order valence-electron chi connectivity index (χ2n) is 7.38. The molecule has 0 atom stereocenters. The number of para-hydroxylation sites is 2. The molecule has 188 valence electrons. The van der Waals surface area contributed by atoms with Gasteiger partial charge in [0.15, 0.2) is 11.5 Å². The first-order chi connectivity index (χ1) is 17.3. The molecule has 0 saturated heterocycles. The Bertz CT molecular complexity index is 1400. The molecule has 0 aliphatic carbocycles. The van der Waals surface area contributed by atoms with Gasteiger partial charge in [0.05, 0.1) is 31.0 Å². The van der Waals surface area contributed by atoms with Crippen molar-refractivity contribution in [2.75, 3.05) is 31.9 Å². The lowest BCUT2D eigenvalue weighted by molar-refractivity contribution is -0.119. The second-order valence-corrected chi connectivity index (χ2v) is 10.1.